The van der Waals surface area contributed by atoms with Gasteiger partial charge in [-0.3, -0.25) is 19.0 Å². The van der Waals surface area contributed by atoms with Gasteiger partial charge < -0.3 is 10.0 Å². The summed E-state index contributed by atoms with van der Waals surface area (Å²) in [6.45, 7) is 3.33. The van der Waals surface area contributed by atoms with Crippen LogP contribution < -0.4 is 0 Å². The summed E-state index contributed by atoms with van der Waals surface area (Å²) >= 11 is 3.43. The van der Waals surface area contributed by atoms with E-state index in [4.69, 9.17) is 5.11 Å². The molecule has 0 radical (unpaired) electrons. The molecule has 9 heteroatoms. The molecule has 124 valence electrons. The van der Waals surface area contributed by atoms with Gasteiger partial charge in [0.1, 0.15) is 5.69 Å². The zero-order valence-corrected chi connectivity index (χ0v) is 14.5. The van der Waals surface area contributed by atoms with E-state index < -0.39 is 5.97 Å². The van der Waals surface area contributed by atoms with E-state index in [9.17, 15) is 9.59 Å². The van der Waals surface area contributed by atoms with E-state index in [2.05, 4.69) is 26.1 Å². The molecule has 0 saturated heterocycles. The van der Waals surface area contributed by atoms with Crippen LogP contribution in [0.3, 0.4) is 0 Å². The second-order valence-electron chi connectivity index (χ2n) is 5.02. The lowest BCUT2D eigenvalue weighted by Gasteiger charge is -2.17. The fourth-order valence-corrected chi connectivity index (χ4v) is 2.54. The Balaban J connectivity index is 2.05. The van der Waals surface area contributed by atoms with Crippen LogP contribution in [0.5, 0.6) is 0 Å². The van der Waals surface area contributed by atoms with Crippen LogP contribution in [0.4, 0.5) is 0 Å². The minimum absolute atomic E-state index is 0.0339. The van der Waals surface area contributed by atoms with Crippen molar-refractivity contribution in [3.8, 4) is 0 Å². The average molecular weight is 384 g/mol. The summed E-state index contributed by atoms with van der Waals surface area (Å²) < 4.78 is 4.13. The number of aryl methyl sites for hydroxylation is 2. The van der Waals surface area contributed by atoms with Crippen molar-refractivity contribution in [1.82, 2.24) is 24.5 Å². The molecule has 0 unspecified atom stereocenters. The van der Waals surface area contributed by atoms with Crippen molar-refractivity contribution in [3.63, 3.8) is 0 Å². The molecule has 0 fully saturated rings. The van der Waals surface area contributed by atoms with Gasteiger partial charge in [-0.15, -0.1) is 0 Å². The number of amides is 1. The van der Waals surface area contributed by atoms with Gasteiger partial charge in [0.15, 0.2) is 0 Å². The standard InChI is InChI=1S/C14H18BrN5O3/c1-3-20-12(10(15)8-16-20)9-18(2)14(23)11-4-6-19(17-11)7-5-13(21)22/h4,6,8H,3,5,7,9H2,1-2H3,(H,21,22). The third kappa shape index (κ3) is 4.19. The van der Waals surface area contributed by atoms with Gasteiger partial charge in [0, 0.05) is 19.8 Å². The number of nitrogens with zero attached hydrogens (tertiary/aromatic N) is 5. The Morgan fingerprint density at radius 2 is 2.17 bits per heavy atom. The quantitative estimate of drug-likeness (QED) is 0.783. The second-order valence-corrected chi connectivity index (χ2v) is 5.88. The van der Waals surface area contributed by atoms with Crippen molar-refractivity contribution in [2.75, 3.05) is 7.05 Å². The molecule has 2 aromatic heterocycles. The Morgan fingerprint density at radius 3 is 2.83 bits per heavy atom. The van der Waals surface area contributed by atoms with Crippen LogP contribution in [0.15, 0.2) is 22.9 Å². The maximum atomic E-state index is 12.4. The molecule has 23 heavy (non-hydrogen) atoms. The van der Waals surface area contributed by atoms with Gasteiger partial charge in [0.2, 0.25) is 0 Å². The highest BCUT2D eigenvalue weighted by molar-refractivity contribution is 9.10. The average Bonchev–Trinajstić information content (AvgIpc) is 3.12. The number of halogens is 1. The van der Waals surface area contributed by atoms with Crippen LogP contribution in [0.1, 0.15) is 29.5 Å². The molecule has 0 saturated carbocycles. The second kappa shape index (κ2) is 7.40. The first-order valence-corrected chi connectivity index (χ1v) is 7.92. The molecule has 2 heterocycles. The van der Waals surface area contributed by atoms with Crippen LogP contribution in [0, 0.1) is 0 Å². The van der Waals surface area contributed by atoms with Gasteiger partial charge in [-0.25, -0.2) is 0 Å². The van der Waals surface area contributed by atoms with Gasteiger partial charge in [0.25, 0.3) is 5.91 Å². The first-order valence-electron chi connectivity index (χ1n) is 7.13. The van der Waals surface area contributed by atoms with E-state index in [0.717, 1.165) is 10.2 Å². The maximum Gasteiger partial charge on any atom is 0.305 e. The topological polar surface area (TPSA) is 93.2 Å². The summed E-state index contributed by atoms with van der Waals surface area (Å²) in [5.41, 5.74) is 1.20. The number of hydrogen-bond donors (Lipinski definition) is 1. The Kier molecular flexibility index (Phi) is 5.54. The molecule has 8 nitrogen and oxygen atoms in total. The summed E-state index contributed by atoms with van der Waals surface area (Å²) in [6.07, 6.45) is 3.28. The van der Waals surface area contributed by atoms with E-state index in [1.807, 2.05) is 11.6 Å². The van der Waals surface area contributed by atoms with Crippen LogP contribution in [0.2, 0.25) is 0 Å². The number of hydrogen-bond acceptors (Lipinski definition) is 4. The molecule has 0 aromatic carbocycles. The fraction of sp³-hybridized carbons (Fsp3) is 0.429. The summed E-state index contributed by atoms with van der Waals surface area (Å²) in [6, 6.07) is 1.59. The number of carboxylic acids is 1. The summed E-state index contributed by atoms with van der Waals surface area (Å²) in [5.74, 6) is -1.13. The van der Waals surface area contributed by atoms with Gasteiger partial charge >= 0.3 is 5.97 Å². The molecule has 1 amide bonds. The van der Waals surface area contributed by atoms with Gasteiger partial charge in [0.05, 0.1) is 35.9 Å². The SMILES string of the molecule is CCn1ncc(Br)c1CN(C)C(=O)c1ccn(CCC(=O)O)n1. The normalized spacial score (nSPS) is 10.7. The van der Waals surface area contributed by atoms with Crippen LogP contribution in [0.25, 0.3) is 0 Å². The fourth-order valence-electron chi connectivity index (χ4n) is 2.12. The van der Waals surface area contributed by atoms with Gasteiger partial charge in [-0.2, -0.15) is 10.2 Å². The molecule has 2 aromatic rings. The smallest absolute Gasteiger partial charge is 0.305 e. The number of carbonyl (C=O) groups is 2. The lowest BCUT2D eigenvalue weighted by molar-refractivity contribution is -0.137. The lowest BCUT2D eigenvalue weighted by Crippen LogP contribution is -2.28. The number of rotatable bonds is 7. The predicted molar refractivity (Wildman–Crippen MR) is 85.9 cm³/mol. The number of carbonyl (C=O) groups excluding carboxylic acids is 1. The Labute approximate surface area is 141 Å². The van der Waals surface area contributed by atoms with Crippen LogP contribution in [-0.2, 0) is 24.4 Å². The van der Waals surface area contributed by atoms with E-state index >= 15 is 0 Å². The number of aliphatic carboxylic acids is 1. The molecule has 2 rings (SSSR count). The predicted octanol–water partition coefficient (Wildman–Crippen LogP) is 1.61. The molecule has 0 spiro atoms. The van der Waals surface area contributed by atoms with Crippen molar-refractivity contribution in [2.45, 2.75) is 33.0 Å². The Bertz CT molecular complexity index is 709. The van der Waals surface area contributed by atoms with E-state index in [-0.39, 0.29) is 24.6 Å². The summed E-state index contributed by atoms with van der Waals surface area (Å²) in [7, 11) is 1.69. The largest absolute Gasteiger partial charge is 0.481 e. The highest BCUT2D eigenvalue weighted by Gasteiger charge is 2.18. The Hall–Kier alpha value is -2.16. The highest BCUT2D eigenvalue weighted by Crippen LogP contribution is 2.18. The highest BCUT2D eigenvalue weighted by atomic mass is 79.9. The van der Waals surface area contributed by atoms with Crippen molar-refractivity contribution in [3.05, 3.63) is 34.3 Å². The maximum absolute atomic E-state index is 12.4. The molecule has 0 aliphatic heterocycles. The molecule has 1 N–H and O–H groups in total. The van der Waals surface area contributed by atoms with Crippen molar-refractivity contribution >= 4 is 27.8 Å². The Morgan fingerprint density at radius 1 is 1.43 bits per heavy atom. The van der Waals surface area contributed by atoms with E-state index in [1.54, 1.807) is 30.4 Å². The molecular weight excluding hydrogens is 366 g/mol. The number of carboxylic acid groups (broad SMARTS) is 1. The third-order valence-electron chi connectivity index (χ3n) is 3.35. The molecule has 0 aliphatic rings. The monoisotopic (exact) mass is 383 g/mol. The molecule has 0 bridgehead atoms. The van der Waals surface area contributed by atoms with Crippen LogP contribution >= 0.6 is 15.9 Å². The van der Waals surface area contributed by atoms with Gasteiger partial charge in [-0.05, 0) is 28.9 Å². The zero-order chi connectivity index (χ0) is 17.0. The molecule has 0 aliphatic carbocycles. The minimum atomic E-state index is -0.900. The van der Waals surface area contributed by atoms with Crippen molar-refractivity contribution in [2.24, 2.45) is 0 Å². The van der Waals surface area contributed by atoms with Crippen LogP contribution in [-0.4, -0.2) is 48.5 Å². The first-order chi connectivity index (χ1) is 10.9. The first kappa shape index (κ1) is 17.2. The van der Waals surface area contributed by atoms with Crippen molar-refractivity contribution in [1.29, 1.82) is 0 Å². The number of aromatic nitrogens is 4. The third-order valence-corrected chi connectivity index (χ3v) is 4.01. The molecule has 0 atom stereocenters. The van der Waals surface area contributed by atoms with Gasteiger partial charge in [-0.1, -0.05) is 0 Å². The molecular formula is C14H18BrN5O3. The lowest BCUT2D eigenvalue weighted by atomic mass is 10.3. The zero-order valence-electron chi connectivity index (χ0n) is 12.9. The van der Waals surface area contributed by atoms with E-state index in [0.29, 0.717) is 13.1 Å². The van der Waals surface area contributed by atoms with E-state index in [1.165, 1.54) is 4.68 Å². The minimum Gasteiger partial charge on any atom is -0.481 e. The summed E-state index contributed by atoms with van der Waals surface area (Å²) in [4.78, 5) is 24.5. The van der Waals surface area contributed by atoms with Crippen molar-refractivity contribution < 1.29 is 14.7 Å². The summed E-state index contributed by atoms with van der Waals surface area (Å²) in [5, 5.41) is 17.0.